The summed E-state index contributed by atoms with van der Waals surface area (Å²) in [4.78, 5) is 12.5. The fraction of sp³-hybridized carbons (Fsp3) is 0.0667. The molecule has 0 atom stereocenters. The Morgan fingerprint density at radius 2 is 1.86 bits per heavy atom. The first kappa shape index (κ1) is 15.7. The van der Waals surface area contributed by atoms with Crippen LogP contribution in [0.2, 0.25) is 0 Å². The van der Waals surface area contributed by atoms with Crippen molar-refractivity contribution < 1.29 is 9.53 Å². The first-order chi connectivity index (χ1) is 10.1. The molecule has 2 aromatic rings. The standard InChI is InChI=1S/C15H13IN2O2S/c16-13-4-2-1-3-12(13)15(19)18-10-5-7-11(8-6-10)20-9-14(17)21/h1-8H,9H2,(H2,17,21)(H,18,19). The quantitative estimate of drug-likeness (QED) is 0.585. The van der Waals surface area contributed by atoms with Gasteiger partial charge < -0.3 is 15.8 Å². The molecule has 0 unspecified atom stereocenters. The minimum absolute atomic E-state index is 0.142. The predicted octanol–water partition coefficient (Wildman–Crippen LogP) is 3.21. The van der Waals surface area contributed by atoms with Gasteiger partial charge in [-0.05, 0) is 59.0 Å². The van der Waals surface area contributed by atoms with E-state index in [1.165, 1.54) is 0 Å². The lowest BCUT2D eigenvalue weighted by Crippen LogP contribution is -2.17. The van der Waals surface area contributed by atoms with Crippen LogP contribution in [0.15, 0.2) is 48.5 Å². The van der Waals surface area contributed by atoms with Crippen molar-refractivity contribution in [3.8, 4) is 5.75 Å². The molecule has 0 saturated carbocycles. The zero-order valence-corrected chi connectivity index (χ0v) is 14.0. The van der Waals surface area contributed by atoms with E-state index in [0.717, 1.165) is 3.57 Å². The monoisotopic (exact) mass is 412 g/mol. The van der Waals surface area contributed by atoms with Crippen molar-refractivity contribution in [2.24, 2.45) is 5.73 Å². The van der Waals surface area contributed by atoms with Crippen LogP contribution in [0.4, 0.5) is 5.69 Å². The highest BCUT2D eigenvalue weighted by molar-refractivity contribution is 14.1. The number of hydrogen-bond donors (Lipinski definition) is 2. The van der Waals surface area contributed by atoms with Crippen molar-refractivity contribution in [2.75, 3.05) is 11.9 Å². The fourth-order valence-corrected chi connectivity index (χ4v) is 2.32. The number of hydrogen-bond acceptors (Lipinski definition) is 3. The number of thiocarbonyl (C=S) groups is 1. The molecule has 1 amide bonds. The van der Waals surface area contributed by atoms with Crippen molar-refractivity contribution in [3.63, 3.8) is 0 Å². The maximum atomic E-state index is 12.2. The molecular weight excluding hydrogens is 399 g/mol. The average molecular weight is 412 g/mol. The highest BCUT2D eigenvalue weighted by Crippen LogP contribution is 2.18. The van der Waals surface area contributed by atoms with E-state index >= 15 is 0 Å². The lowest BCUT2D eigenvalue weighted by Gasteiger charge is -2.08. The van der Waals surface area contributed by atoms with Crippen LogP contribution >= 0.6 is 34.8 Å². The third-order valence-electron chi connectivity index (χ3n) is 2.61. The number of amides is 1. The summed E-state index contributed by atoms with van der Waals surface area (Å²) in [7, 11) is 0. The van der Waals surface area contributed by atoms with Crippen molar-refractivity contribution in [2.45, 2.75) is 0 Å². The van der Waals surface area contributed by atoms with Crippen LogP contribution in [-0.2, 0) is 0 Å². The molecule has 108 valence electrons. The molecule has 0 aliphatic rings. The lowest BCUT2D eigenvalue weighted by atomic mass is 10.2. The minimum atomic E-state index is -0.142. The zero-order valence-electron chi connectivity index (χ0n) is 11.0. The van der Waals surface area contributed by atoms with E-state index in [-0.39, 0.29) is 12.5 Å². The number of anilines is 1. The Labute approximate surface area is 141 Å². The van der Waals surface area contributed by atoms with Crippen LogP contribution in [0, 0.1) is 3.57 Å². The van der Waals surface area contributed by atoms with Gasteiger partial charge >= 0.3 is 0 Å². The Kier molecular flexibility index (Phi) is 5.51. The second-order valence-corrected chi connectivity index (χ2v) is 5.90. The van der Waals surface area contributed by atoms with Gasteiger partial charge in [-0.1, -0.05) is 24.4 Å². The molecule has 21 heavy (non-hydrogen) atoms. The topological polar surface area (TPSA) is 64.3 Å². The molecule has 0 radical (unpaired) electrons. The van der Waals surface area contributed by atoms with E-state index < -0.39 is 0 Å². The molecule has 4 nitrogen and oxygen atoms in total. The van der Waals surface area contributed by atoms with Gasteiger partial charge in [0.15, 0.2) is 0 Å². The molecule has 0 heterocycles. The molecule has 0 aliphatic heterocycles. The van der Waals surface area contributed by atoms with Crippen LogP contribution in [0.5, 0.6) is 5.75 Å². The van der Waals surface area contributed by atoms with E-state index in [0.29, 0.717) is 22.0 Å². The van der Waals surface area contributed by atoms with E-state index in [9.17, 15) is 4.79 Å². The summed E-state index contributed by atoms with van der Waals surface area (Å²) in [5, 5.41) is 2.84. The highest BCUT2D eigenvalue weighted by atomic mass is 127. The number of ether oxygens (including phenoxy) is 1. The summed E-state index contributed by atoms with van der Waals surface area (Å²) in [6, 6.07) is 14.5. The summed E-state index contributed by atoms with van der Waals surface area (Å²) in [5.41, 5.74) is 6.71. The minimum Gasteiger partial charge on any atom is -0.487 e. The molecule has 0 fully saturated rings. The third kappa shape index (κ3) is 4.68. The summed E-state index contributed by atoms with van der Waals surface area (Å²) in [5.74, 6) is 0.506. The molecule has 0 spiro atoms. The first-order valence-electron chi connectivity index (χ1n) is 6.13. The normalized spacial score (nSPS) is 9.95. The Bertz CT molecular complexity index is 659. The molecule has 0 aromatic heterocycles. The molecule has 0 aliphatic carbocycles. The maximum Gasteiger partial charge on any atom is 0.256 e. The van der Waals surface area contributed by atoms with Gasteiger partial charge in [0.25, 0.3) is 5.91 Å². The average Bonchev–Trinajstić information content (AvgIpc) is 2.47. The number of halogens is 1. The molecule has 3 N–H and O–H groups in total. The van der Waals surface area contributed by atoms with E-state index in [1.807, 2.05) is 18.2 Å². The van der Waals surface area contributed by atoms with Crippen LogP contribution in [-0.4, -0.2) is 17.5 Å². The van der Waals surface area contributed by atoms with E-state index in [4.69, 9.17) is 22.7 Å². The summed E-state index contributed by atoms with van der Waals surface area (Å²) < 4.78 is 6.26. The maximum absolute atomic E-state index is 12.2. The van der Waals surface area contributed by atoms with Gasteiger partial charge in [0.1, 0.15) is 17.3 Å². The molecule has 0 saturated heterocycles. The summed E-state index contributed by atoms with van der Waals surface area (Å²) in [6.07, 6.45) is 0. The van der Waals surface area contributed by atoms with Crippen LogP contribution < -0.4 is 15.8 Å². The SMILES string of the molecule is NC(=S)COc1ccc(NC(=O)c2ccccc2I)cc1. The van der Waals surface area contributed by atoms with Crippen molar-refractivity contribution >= 4 is 51.4 Å². The smallest absolute Gasteiger partial charge is 0.256 e. The number of benzene rings is 2. The summed E-state index contributed by atoms with van der Waals surface area (Å²) in [6.45, 7) is 0.198. The van der Waals surface area contributed by atoms with Gasteiger partial charge in [-0.25, -0.2) is 0 Å². The van der Waals surface area contributed by atoms with Crippen LogP contribution in [0.1, 0.15) is 10.4 Å². The number of nitrogens with one attached hydrogen (secondary N) is 1. The van der Waals surface area contributed by atoms with Gasteiger partial charge in [0.05, 0.1) is 5.56 Å². The largest absolute Gasteiger partial charge is 0.487 e. The Hall–Kier alpha value is -1.67. The van der Waals surface area contributed by atoms with Gasteiger partial charge in [-0.3, -0.25) is 4.79 Å². The predicted molar refractivity (Wildman–Crippen MR) is 95.8 cm³/mol. The highest BCUT2D eigenvalue weighted by Gasteiger charge is 2.09. The lowest BCUT2D eigenvalue weighted by molar-refractivity contribution is 0.102. The molecule has 6 heteroatoms. The van der Waals surface area contributed by atoms with Crippen molar-refractivity contribution in [1.29, 1.82) is 0 Å². The first-order valence-corrected chi connectivity index (χ1v) is 7.62. The second kappa shape index (κ2) is 7.37. The van der Waals surface area contributed by atoms with E-state index in [2.05, 4.69) is 27.9 Å². The van der Waals surface area contributed by atoms with Crippen LogP contribution in [0.3, 0.4) is 0 Å². The zero-order chi connectivity index (χ0) is 15.2. The van der Waals surface area contributed by atoms with Gasteiger partial charge in [0.2, 0.25) is 0 Å². The Morgan fingerprint density at radius 1 is 1.19 bits per heavy atom. The summed E-state index contributed by atoms with van der Waals surface area (Å²) >= 11 is 6.87. The van der Waals surface area contributed by atoms with E-state index in [1.54, 1.807) is 30.3 Å². The number of nitrogens with two attached hydrogens (primary N) is 1. The third-order valence-corrected chi connectivity index (χ3v) is 3.67. The Balaban J connectivity index is 2.02. The van der Waals surface area contributed by atoms with Gasteiger partial charge in [-0.15, -0.1) is 0 Å². The number of rotatable bonds is 5. The van der Waals surface area contributed by atoms with Crippen molar-refractivity contribution in [3.05, 3.63) is 57.7 Å². The molecular formula is C15H13IN2O2S. The fourth-order valence-electron chi connectivity index (χ4n) is 1.63. The number of carbonyl (C=O) groups is 1. The number of carbonyl (C=O) groups excluding carboxylic acids is 1. The van der Waals surface area contributed by atoms with Crippen molar-refractivity contribution in [1.82, 2.24) is 0 Å². The second-order valence-electron chi connectivity index (χ2n) is 4.21. The molecule has 2 aromatic carbocycles. The van der Waals surface area contributed by atoms with Gasteiger partial charge in [0, 0.05) is 9.26 Å². The van der Waals surface area contributed by atoms with Gasteiger partial charge in [-0.2, -0.15) is 0 Å². The van der Waals surface area contributed by atoms with Crippen LogP contribution in [0.25, 0.3) is 0 Å². The molecule has 0 bridgehead atoms. The molecule has 2 rings (SSSR count). The Morgan fingerprint density at radius 3 is 2.48 bits per heavy atom.